The summed E-state index contributed by atoms with van der Waals surface area (Å²) in [6.45, 7) is 0. The molecule has 1 fully saturated rings. The van der Waals surface area contributed by atoms with E-state index < -0.39 is 21.0 Å². The van der Waals surface area contributed by atoms with E-state index in [0.29, 0.717) is 0 Å². The van der Waals surface area contributed by atoms with Gasteiger partial charge in [-0.2, -0.15) is 0 Å². The highest BCUT2D eigenvalue weighted by Crippen LogP contribution is 2.54. The van der Waals surface area contributed by atoms with E-state index >= 15 is 0 Å². The van der Waals surface area contributed by atoms with Gasteiger partial charge in [-0.25, -0.2) is 12.8 Å². The maximum absolute atomic E-state index is 13.1. The van der Waals surface area contributed by atoms with Crippen molar-refractivity contribution in [3.05, 3.63) is 66.0 Å². The summed E-state index contributed by atoms with van der Waals surface area (Å²) in [6, 6.07) is 14.0. The molecule has 0 heterocycles. The molecule has 114 valence electrons. The fourth-order valence-electron chi connectivity index (χ4n) is 2.86. The molecule has 1 saturated carbocycles. The predicted octanol–water partition coefficient (Wildman–Crippen LogP) is 2.67. The molecule has 2 N–H and O–H groups in total. The van der Waals surface area contributed by atoms with Crippen LogP contribution >= 0.6 is 12.2 Å². The molecule has 2 aromatic rings. The van der Waals surface area contributed by atoms with Gasteiger partial charge in [-0.15, -0.1) is 0 Å². The maximum Gasteiger partial charge on any atom is 0.182 e. The third-order valence-electron chi connectivity index (χ3n) is 3.97. The van der Waals surface area contributed by atoms with Crippen molar-refractivity contribution in [3.63, 3.8) is 0 Å². The van der Waals surface area contributed by atoms with Gasteiger partial charge in [0.1, 0.15) is 5.82 Å². The molecular weight excluding hydrogens is 321 g/mol. The van der Waals surface area contributed by atoms with Crippen LogP contribution in [0.3, 0.4) is 0 Å². The molecule has 0 radical (unpaired) electrons. The number of hydrogen-bond acceptors (Lipinski definition) is 3. The molecule has 0 aliphatic heterocycles. The van der Waals surface area contributed by atoms with E-state index in [1.54, 1.807) is 42.5 Å². The predicted molar refractivity (Wildman–Crippen MR) is 86.8 cm³/mol. The Morgan fingerprint density at radius 2 is 1.64 bits per heavy atom. The van der Waals surface area contributed by atoms with Crippen molar-refractivity contribution in [3.8, 4) is 0 Å². The molecule has 0 spiro atoms. The number of halogens is 1. The van der Waals surface area contributed by atoms with Gasteiger partial charge >= 0.3 is 0 Å². The SMILES string of the molecule is NC(=S)C1C(c2ccc(F)cc2)C1S(=O)(=O)c1ccccc1. The van der Waals surface area contributed by atoms with E-state index in [1.807, 2.05) is 0 Å². The number of sulfone groups is 1. The average Bonchev–Trinajstić information content (AvgIpc) is 3.25. The summed E-state index contributed by atoms with van der Waals surface area (Å²) in [4.78, 5) is 0.435. The van der Waals surface area contributed by atoms with Crippen LogP contribution < -0.4 is 5.73 Å². The molecule has 0 bridgehead atoms. The van der Waals surface area contributed by atoms with Crippen molar-refractivity contribution in [1.29, 1.82) is 0 Å². The monoisotopic (exact) mass is 335 g/mol. The quantitative estimate of drug-likeness (QED) is 0.873. The van der Waals surface area contributed by atoms with Crippen molar-refractivity contribution >= 4 is 27.0 Å². The summed E-state index contributed by atoms with van der Waals surface area (Å²) in [5.74, 6) is -1.09. The standard InChI is InChI=1S/C16H14FNO2S2/c17-11-8-6-10(7-9-11)13-14(16(18)21)15(13)22(19,20)12-4-2-1-3-5-12/h1-9,13-15H,(H2,18,21). The largest absolute Gasteiger partial charge is 0.393 e. The van der Waals surface area contributed by atoms with Crippen LogP contribution in [0.4, 0.5) is 4.39 Å². The number of rotatable bonds is 4. The summed E-state index contributed by atoms with van der Waals surface area (Å²) >= 11 is 5.02. The van der Waals surface area contributed by atoms with Gasteiger partial charge in [0, 0.05) is 11.8 Å². The minimum Gasteiger partial charge on any atom is -0.393 e. The van der Waals surface area contributed by atoms with Crippen LogP contribution in [-0.2, 0) is 9.84 Å². The molecule has 2 aromatic carbocycles. The highest BCUT2D eigenvalue weighted by Gasteiger charge is 2.60. The minimum atomic E-state index is -3.53. The summed E-state index contributed by atoms with van der Waals surface area (Å²) < 4.78 is 38.6. The smallest absolute Gasteiger partial charge is 0.182 e. The number of nitrogens with two attached hydrogens (primary N) is 1. The Labute approximate surface area is 133 Å². The van der Waals surface area contributed by atoms with Crippen molar-refractivity contribution in [2.45, 2.75) is 16.1 Å². The third-order valence-corrected chi connectivity index (χ3v) is 6.47. The first-order chi connectivity index (χ1) is 10.4. The Morgan fingerprint density at radius 1 is 1.05 bits per heavy atom. The van der Waals surface area contributed by atoms with E-state index in [4.69, 9.17) is 18.0 Å². The summed E-state index contributed by atoms with van der Waals surface area (Å²) in [5, 5.41) is -0.683. The Hall–Kier alpha value is -1.79. The van der Waals surface area contributed by atoms with Crippen LogP contribution in [0.1, 0.15) is 11.5 Å². The van der Waals surface area contributed by atoms with Crippen LogP contribution in [0.15, 0.2) is 59.5 Å². The lowest BCUT2D eigenvalue weighted by atomic mass is 10.1. The van der Waals surface area contributed by atoms with Crippen LogP contribution in [-0.4, -0.2) is 18.7 Å². The van der Waals surface area contributed by atoms with Crippen LogP contribution in [0.5, 0.6) is 0 Å². The van der Waals surface area contributed by atoms with Crippen molar-refractivity contribution < 1.29 is 12.8 Å². The summed E-state index contributed by atoms with van der Waals surface area (Å²) in [6.07, 6.45) is 0. The highest BCUT2D eigenvalue weighted by atomic mass is 32.2. The van der Waals surface area contributed by atoms with E-state index in [2.05, 4.69) is 0 Å². The second kappa shape index (κ2) is 5.44. The molecule has 0 aromatic heterocycles. The summed E-state index contributed by atoms with van der Waals surface area (Å²) in [7, 11) is -3.53. The van der Waals surface area contributed by atoms with E-state index in [-0.39, 0.29) is 21.6 Å². The van der Waals surface area contributed by atoms with E-state index in [9.17, 15) is 12.8 Å². The lowest BCUT2D eigenvalue weighted by molar-refractivity contribution is 0.593. The maximum atomic E-state index is 13.1. The third kappa shape index (κ3) is 2.53. The molecule has 6 heteroatoms. The summed E-state index contributed by atoms with van der Waals surface area (Å²) in [5.41, 5.74) is 6.45. The van der Waals surface area contributed by atoms with Gasteiger partial charge in [-0.05, 0) is 29.8 Å². The minimum absolute atomic E-state index is 0.179. The fourth-order valence-corrected chi connectivity index (χ4v) is 5.41. The van der Waals surface area contributed by atoms with Gasteiger partial charge in [-0.3, -0.25) is 0 Å². The zero-order valence-electron chi connectivity index (χ0n) is 11.5. The lowest BCUT2D eigenvalue weighted by Gasteiger charge is -2.04. The van der Waals surface area contributed by atoms with Crippen molar-refractivity contribution in [2.24, 2.45) is 11.7 Å². The van der Waals surface area contributed by atoms with Crippen LogP contribution in [0.2, 0.25) is 0 Å². The van der Waals surface area contributed by atoms with E-state index in [1.165, 1.54) is 12.1 Å². The Bertz CT molecular complexity index is 804. The van der Waals surface area contributed by atoms with Gasteiger partial charge in [0.15, 0.2) is 9.84 Å². The number of hydrogen-bond donors (Lipinski definition) is 1. The molecular formula is C16H14FNO2S2. The first-order valence-corrected chi connectivity index (χ1v) is 8.72. The molecule has 1 aliphatic carbocycles. The topological polar surface area (TPSA) is 60.2 Å². The molecule has 22 heavy (non-hydrogen) atoms. The Morgan fingerprint density at radius 3 is 2.18 bits per heavy atom. The van der Waals surface area contributed by atoms with Gasteiger partial charge in [0.2, 0.25) is 0 Å². The van der Waals surface area contributed by atoms with Crippen LogP contribution in [0.25, 0.3) is 0 Å². The average molecular weight is 335 g/mol. The van der Waals surface area contributed by atoms with Gasteiger partial charge in [0.05, 0.1) is 15.1 Å². The second-order valence-corrected chi connectivity index (χ2v) is 7.91. The van der Waals surface area contributed by atoms with Gasteiger partial charge in [-0.1, -0.05) is 42.5 Å². The van der Waals surface area contributed by atoms with E-state index in [0.717, 1.165) is 5.56 Å². The van der Waals surface area contributed by atoms with Crippen molar-refractivity contribution in [1.82, 2.24) is 0 Å². The zero-order valence-corrected chi connectivity index (χ0v) is 13.1. The molecule has 0 amide bonds. The Balaban J connectivity index is 1.99. The molecule has 0 saturated heterocycles. The zero-order chi connectivity index (χ0) is 15.9. The fraction of sp³-hybridized carbons (Fsp3) is 0.188. The highest BCUT2D eigenvalue weighted by molar-refractivity contribution is 7.92. The molecule has 3 unspecified atom stereocenters. The molecule has 3 atom stereocenters. The normalized spacial score (nSPS) is 24.0. The number of benzene rings is 2. The molecule has 3 nitrogen and oxygen atoms in total. The molecule has 3 rings (SSSR count). The van der Waals surface area contributed by atoms with Crippen molar-refractivity contribution in [2.75, 3.05) is 0 Å². The van der Waals surface area contributed by atoms with Gasteiger partial charge < -0.3 is 5.73 Å². The molecule has 1 aliphatic rings. The first-order valence-electron chi connectivity index (χ1n) is 6.76. The lowest BCUT2D eigenvalue weighted by Crippen LogP contribution is -2.17. The number of thiocarbonyl (C=S) groups is 1. The Kier molecular flexibility index (Phi) is 3.74. The van der Waals surface area contributed by atoms with Gasteiger partial charge in [0.25, 0.3) is 0 Å². The second-order valence-electron chi connectivity index (χ2n) is 5.33. The van der Waals surface area contributed by atoms with Crippen LogP contribution in [0, 0.1) is 11.7 Å². The first kappa shape index (κ1) is 15.1.